The summed E-state index contributed by atoms with van der Waals surface area (Å²) < 4.78 is 5.08. The molecule has 0 aliphatic carbocycles. The highest BCUT2D eigenvalue weighted by Gasteiger charge is 2.25. The molecule has 0 heterocycles. The van der Waals surface area contributed by atoms with Crippen LogP contribution in [0, 0.1) is 5.92 Å². The molecule has 0 saturated carbocycles. The van der Waals surface area contributed by atoms with Crippen LogP contribution in [0.3, 0.4) is 0 Å². The first kappa shape index (κ1) is 19.6. The van der Waals surface area contributed by atoms with Gasteiger partial charge in [-0.25, -0.2) is 0 Å². The molecule has 0 saturated heterocycles. The van der Waals surface area contributed by atoms with Gasteiger partial charge in [0.1, 0.15) is 19.2 Å². The van der Waals surface area contributed by atoms with Gasteiger partial charge in [0.05, 0.1) is 6.04 Å². The normalized spacial score (nSPS) is 13.0. The van der Waals surface area contributed by atoms with Crippen molar-refractivity contribution in [1.82, 2.24) is 10.6 Å². The summed E-state index contributed by atoms with van der Waals surface area (Å²) in [5, 5.41) is 5.04. The molecule has 2 unspecified atom stereocenters. The molecule has 24 heavy (non-hydrogen) atoms. The average Bonchev–Trinajstić information content (AvgIpc) is 2.55. The zero-order valence-electron chi connectivity index (χ0n) is 14.2. The maximum Gasteiger partial charge on any atom is 0.325 e. The summed E-state index contributed by atoms with van der Waals surface area (Å²) in [7, 11) is 0. The zero-order chi connectivity index (χ0) is 18.1. The molecule has 1 rings (SSSR count). The molecule has 0 aromatic heterocycles. The van der Waals surface area contributed by atoms with Gasteiger partial charge in [-0.1, -0.05) is 44.2 Å². The van der Waals surface area contributed by atoms with Crippen molar-refractivity contribution in [2.24, 2.45) is 11.7 Å². The predicted molar refractivity (Wildman–Crippen MR) is 89.7 cm³/mol. The fourth-order valence-electron chi connectivity index (χ4n) is 1.88. The standard InChI is InChI=1S/C17H25N3O4/c1-11(2)15(20-16(22)12(3)18)17(23)19-9-14(21)24-10-13-7-5-4-6-8-13/h4-8,11-12,15H,9-10,18H2,1-3H3,(H,19,23)(H,20,22). The van der Waals surface area contributed by atoms with Gasteiger partial charge in [-0.05, 0) is 18.4 Å². The van der Waals surface area contributed by atoms with E-state index in [1.807, 2.05) is 30.3 Å². The third-order valence-electron chi connectivity index (χ3n) is 3.31. The Balaban J connectivity index is 2.44. The minimum absolute atomic E-state index is 0.143. The van der Waals surface area contributed by atoms with E-state index in [4.69, 9.17) is 10.5 Å². The van der Waals surface area contributed by atoms with Crippen molar-refractivity contribution in [1.29, 1.82) is 0 Å². The molecule has 2 atom stereocenters. The van der Waals surface area contributed by atoms with Crippen molar-refractivity contribution in [2.75, 3.05) is 6.54 Å². The maximum atomic E-state index is 12.1. The van der Waals surface area contributed by atoms with Crippen LogP contribution >= 0.6 is 0 Å². The lowest BCUT2D eigenvalue weighted by molar-refractivity contribution is -0.145. The largest absolute Gasteiger partial charge is 0.460 e. The summed E-state index contributed by atoms with van der Waals surface area (Å²) in [6, 6.07) is 7.77. The number of ether oxygens (including phenoxy) is 1. The molecular formula is C17H25N3O4. The molecule has 0 radical (unpaired) electrons. The average molecular weight is 335 g/mol. The lowest BCUT2D eigenvalue weighted by Gasteiger charge is -2.22. The van der Waals surface area contributed by atoms with Crippen LogP contribution in [0.5, 0.6) is 0 Å². The van der Waals surface area contributed by atoms with E-state index in [1.54, 1.807) is 13.8 Å². The smallest absolute Gasteiger partial charge is 0.325 e. The van der Waals surface area contributed by atoms with Crippen LogP contribution < -0.4 is 16.4 Å². The number of amides is 2. The summed E-state index contributed by atoms with van der Waals surface area (Å²) in [4.78, 5) is 35.5. The van der Waals surface area contributed by atoms with Gasteiger partial charge < -0.3 is 21.1 Å². The second kappa shape index (κ2) is 9.67. The van der Waals surface area contributed by atoms with E-state index in [9.17, 15) is 14.4 Å². The van der Waals surface area contributed by atoms with Gasteiger partial charge in [0.2, 0.25) is 11.8 Å². The van der Waals surface area contributed by atoms with Gasteiger partial charge >= 0.3 is 5.97 Å². The number of esters is 1. The van der Waals surface area contributed by atoms with E-state index < -0.39 is 29.9 Å². The first-order valence-corrected chi connectivity index (χ1v) is 7.84. The Bertz CT molecular complexity index is 558. The van der Waals surface area contributed by atoms with Gasteiger partial charge in [0, 0.05) is 0 Å². The third-order valence-corrected chi connectivity index (χ3v) is 3.31. The molecule has 4 N–H and O–H groups in total. The van der Waals surface area contributed by atoms with Crippen molar-refractivity contribution in [3.8, 4) is 0 Å². The Kier molecular flexibility index (Phi) is 7.91. The molecule has 132 valence electrons. The topological polar surface area (TPSA) is 111 Å². The lowest BCUT2D eigenvalue weighted by atomic mass is 10.0. The summed E-state index contributed by atoms with van der Waals surface area (Å²) in [5.74, 6) is -1.56. The molecule has 0 fully saturated rings. The second-order valence-electron chi connectivity index (χ2n) is 5.88. The van der Waals surface area contributed by atoms with Crippen LogP contribution in [0.25, 0.3) is 0 Å². The van der Waals surface area contributed by atoms with Crippen LogP contribution in [0.15, 0.2) is 30.3 Å². The molecule has 0 aliphatic rings. The minimum Gasteiger partial charge on any atom is -0.460 e. The van der Waals surface area contributed by atoms with E-state index in [0.29, 0.717) is 0 Å². The van der Waals surface area contributed by atoms with Gasteiger partial charge in [-0.15, -0.1) is 0 Å². The molecule has 0 bridgehead atoms. The predicted octanol–water partition coefficient (Wildman–Crippen LogP) is 0.334. The van der Waals surface area contributed by atoms with Crippen molar-refractivity contribution in [2.45, 2.75) is 39.5 Å². The zero-order valence-corrected chi connectivity index (χ0v) is 14.2. The number of rotatable bonds is 8. The summed E-state index contributed by atoms with van der Waals surface area (Å²) in [5.41, 5.74) is 6.35. The molecule has 2 amide bonds. The van der Waals surface area contributed by atoms with E-state index in [0.717, 1.165) is 5.56 Å². The molecule has 7 nitrogen and oxygen atoms in total. The van der Waals surface area contributed by atoms with Gasteiger partial charge in [-0.3, -0.25) is 14.4 Å². The second-order valence-corrected chi connectivity index (χ2v) is 5.88. The molecule has 1 aromatic carbocycles. The molecule has 7 heteroatoms. The molecule has 1 aromatic rings. The van der Waals surface area contributed by atoms with Crippen molar-refractivity contribution in [3.05, 3.63) is 35.9 Å². The van der Waals surface area contributed by atoms with Gasteiger partial charge in [0.15, 0.2) is 0 Å². The van der Waals surface area contributed by atoms with E-state index in [-0.39, 0.29) is 19.1 Å². The Morgan fingerprint density at radius 1 is 1.08 bits per heavy atom. The van der Waals surface area contributed by atoms with E-state index in [2.05, 4.69) is 10.6 Å². The Hall–Kier alpha value is -2.41. The monoisotopic (exact) mass is 335 g/mol. The van der Waals surface area contributed by atoms with Crippen molar-refractivity contribution >= 4 is 17.8 Å². The van der Waals surface area contributed by atoms with Crippen molar-refractivity contribution < 1.29 is 19.1 Å². The fourth-order valence-corrected chi connectivity index (χ4v) is 1.88. The molecule has 0 aliphatic heterocycles. The molecule has 0 spiro atoms. The number of nitrogens with one attached hydrogen (secondary N) is 2. The number of nitrogens with two attached hydrogens (primary N) is 1. The third kappa shape index (κ3) is 6.78. The maximum absolute atomic E-state index is 12.1. The van der Waals surface area contributed by atoms with Gasteiger partial charge in [-0.2, -0.15) is 0 Å². The number of carbonyl (C=O) groups excluding carboxylic acids is 3. The SMILES string of the molecule is CC(N)C(=O)NC(C(=O)NCC(=O)OCc1ccccc1)C(C)C. The minimum atomic E-state index is -0.759. The summed E-state index contributed by atoms with van der Waals surface area (Å²) in [6.45, 7) is 5.00. The van der Waals surface area contributed by atoms with Crippen LogP contribution in [-0.2, 0) is 25.7 Å². The van der Waals surface area contributed by atoms with E-state index in [1.165, 1.54) is 6.92 Å². The first-order valence-electron chi connectivity index (χ1n) is 7.84. The van der Waals surface area contributed by atoms with Crippen molar-refractivity contribution in [3.63, 3.8) is 0 Å². The highest BCUT2D eigenvalue weighted by molar-refractivity contribution is 5.91. The highest BCUT2D eigenvalue weighted by Crippen LogP contribution is 2.03. The summed E-state index contributed by atoms with van der Waals surface area (Å²) in [6.07, 6.45) is 0. The fraction of sp³-hybridized carbons (Fsp3) is 0.471. The lowest BCUT2D eigenvalue weighted by Crippen LogP contribution is -2.53. The van der Waals surface area contributed by atoms with E-state index >= 15 is 0 Å². The Labute approximate surface area is 141 Å². The van der Waals surface area contributed by atoms with Crippen LogP contribution in [0.2, 0.25) is 0 Å². The van der Waals surface area contributed by atoms with Crippen LogP contribution in [0.1, 0.15) is 26.3 Å². The van der Waals surface area contributed by atoms with Crippen LogP contribution in [-0.4, -0.2) is 36.4 Å². The first-order chi connectivity index (χ1) is 11.3. The number of benzene rings is 1. The summed E-state index contributed by atoms with van der Waals surface area (Å²) >= 11 is 0. The number of hydrogen-bond donors (Lipinski definition) is 3. The van der Waals surface area contributed by atoms with Crippen LogP contribution in [0.4, 0.5) is 0 Å². The quantitative estimate of drug-likeness (QED) is 0.593. The Morgan fingerprint density at radius 2 is 1.71 bits per heavy atom. The highest BCUT2D eigenvalue weighted by atomic mass is 16.5. The number of hydrogen-bond acceptors (Lipinski definition) is 5. The Morgan fingerprint density at radius 3 is 2.25 bits per heavy atom. The number of carbonyl (C=O) groups is 3. The van der Waals surface area contributed by atoms with Gasteiger partial charge in [0.25, 0.3) is 0 Å². The molecular weight excluding hydrogens is 310 g/mol.